The van der Waals surface area contributed by atoms with Crippen molar-refractivity contribution >= 4 is 57.3 Å². The zero-order chi connectivity index (χ0) is 30.5. The summed E-state index contributed by atoms with van der Waals surface area (Å²) in [4.78, 5) is 9.02. The van der Waals surface area contributed by atoms with Crippen LogP contribution in [0.1, 0.15) is 0 Å². The van der Waals surface area contributed by atoms with Crippen molar-refractivity contribution in [3.8, 4) is 33.6 Å². The van der Waals surface area contributed by atoms with Crippen LogP contribution >= 0.6 is 0 Å². The standard InChI is InChI=1S/C25H18GeNO.C14H16NSi.Ir/c1-26(2)21-11-4-3-8-16(21)19-15-24-20(14-22(19)26)17-9-7-10-18(25(17)28-24)23-12-5-6-13-27-23;1-16(2,3)13-9-10-14(15-11-13)12-7-5-4-6-8-12;/h3-9,11-15H,1-2H3;4-7,9-11H,1-3H3;/q2*-1;. The number of hydrogen-bond donors (Lipinski definition) is 0. The van der Waals surface area contributed by atoms with Crippen LogP contribution < -0.4 is 14.0 Å². The first-order valence-corrected chi connectivity index (χ1v) is 24.9. The molecule has 8 rings (SSSR count). The van der Waals surface area contributed by atoms with Gasteiger partial charge >= 0.3 is 166 Å². The summed E-state index contributed by atoms with van der Waals surface area (Å²) in [6, 6.07) is 42.4. The third-order valence-electron chi connectivity index (χ3n) is 8.67. The van der Waals surface area contributed by atoms with Gasteiger partial charge in [0.1, 0.15) is 0 Å². The van der Waals surface area contributed by atoms with E-state index in [9.17, 15) is 0 Å². The van der Waals surface area contributed by atoms with E-state index in [1.807, 2.05) is 60.9 Å². The van der Waals surface area contributed by atoms with Gasteiger partial charge in [-0.05, 0) is 10.9 Å². The summed E-state index contributed by atoms with van der Waals surface area (Å²) in [7, 11) is -1.23. The van der Waals surface area contributed by atoms with E-state index in [4.69, 9.17) is 4.42 Å². The molecule has 0 amide bonds. The minimum atomic E-state index is -2.29. The van der Waals surface area contributed by atoms with E-state index in [-0.39, 0.29) is 20.1 Å². The Labute approximate surface area is 282 Å². The summed E-state index contributed by atoms with van der Waals surface area (Å²) < 4.78 is 9.51. The number of pyridine rings is 2. The predicted molar refractivity (Wildman–Crippen MR) is 189 cm³/mol. The first-order chi connectivity index (χ1) is 21.2. The van der Waals surface area contributed by atoms with Gasteiger partial charge in [-0.1, -0.05) is 31.8 Å². The van der Waals surface area contributed by atoms with Crippen LogP contribution in [0.2, 0.25) is 31.2 Å². The maximum absolute atomic E-state index is 6.40. The molecular formula is C39H34GeIrN2OSi-2. The van der Waals surface area contributed by atoms with E-state index in [1.54, 1.807) is 8.79 Å². The molecule has 225 valence electrons. The molecule has 0 spiro atoms. The Bertz CT molecular complexity index is 2120. The van der Waals surface area contributed by atoms with Crippen molar-refractivity contribution in [1.29, 1.82) is 0 Å². The number of nitrogens with zero attached hydrogens (tertiary/aromatic N) is 2. The van der Waals surface area contributed by atoms with Gasteiger partial charge in [0.25, 0.3) is 0 Å². The van der Waals surface area contributed by atoms with Crippen molar-refractivity contribution in [2.24, 2.45) is 0 Å². The van der Waals surface area contributed by atoms with E-state index in [2.05, 4.69) is 108 Å². The fourth-order valence-electron chi connectivity index (χ4n) is 6.19. The van der Waals surface area contributed by atoms with Crippen LogP contribution in [-0.2, 0) is 20.1 Å². The molecule has 0 saturated heterocycles. The van der Waals surface area contributed by atoms with Crippen molar-refractivity contribution < 1.29 is 24.5 Å². The van der Waals surface area contributed by atoms with Crippen LogP contribution in [0.15, 0.2) is 120 Å². The third kappa shape index (κ3) is 5.79. The van der Waals surface area contributed by atoms with Crippen LogP contribution in [0.4, 0.5) is 0 Å². The summed E-state index contributed by atoms with van der Waals surface area (Å²) in [6.45, 7) is 7.00. The molecule has 0 atom stereocenters. The van der Waals surface area contributed by atoms with E-state index in [0.717, 1.165) is 39.1 Å². The summed E-state index contributed by atoms with van der Waals surface area (Å²) in [6.07, 6.45) is 3.83. The third-order valence-corrected chi connectivity index (χ3v) is 18.1. The Hall–Kier alpha value is -3.61. The molecule has 0 saturated carbocycles. The molecule has 4 heterocycles. The minimum Gasteiger partial charge on any atom is 0 e. The molecule has 45 heavy (non-hydrogen) atoms. The van der Waals surface area contributed by atoms with Gasteiger partial charge < -0.3 is 4.98 Å². The Morgan fingerprint density at radius 3 is 2.20 bits per heavy atom. The van der Waals surface area contributed by atoms with Gasteiger partial charge in [0.15, 0.2) is 0 Å². The quantitative estimate of drug-likeness (QED) is 0.133. The minimum absolute atomic E-state index is 0. The Morgan fingerprint density at radius 2 is 1.49 bits per heavy atom. The second-order valence-corrected chi connectivity index (χ2v) is 27.1. The zero-order valence-electron chi connectivity index (χ0n) is 26.1. The molecule has 0 bridgehead atoms. The van der Waals surface area contributed by atoms with Crippen molar-refractivity contribution in [3.05, 3.63) is 128 Å². The van der Waals surface area contributed by atoms with Crippen LogP contribution in [0.5, 0.6) is 0 Å². The van der Waals surface area contributed by atoms with Gasteiger partial charge in [0, 0.05) is 26.3 Å². The smallest absolute Gasteiger partial charge is 0 e. The molecule has 0 unspecified atom stereocenters. The monoisotopic (exact) mass is 841 g/mol. The molecule has 6 heteroatoms. The van der Waals surface area contributed by atoms with Crippen molar-refractivity contribution in [1.82, 2.24) is 9.97 Å². The Kier molecular flexibility index (Phi) is 8.57. The van der Waals surface area contributed by atoms with Gasteiger partial charge in [-0.25, -0.2) is 0 Å². The van der Waals surface area contributed by atoms with Crippen LogP contribution in [0.3, 0.4) is 0 Å². The van der Waals surface area contributed by atoms with Crippen LogP contribution in [0.25, 0.3) is 55.6 Å². The number of furan rings is 1. The second kappa shape index (κ2) is 12.3. The van der Waals surface area contributed by atoms with Crippen molar-refractivity contribution in [3.63, 3.8) is 0 Å². The number of rotatable bonds is 3. The molecule has 0 fully saturated rings. The van der Waals surface area contributed by atoms with Crippen molar-refractivity contribution in [2.75, 3.05) is 0 Å². The summed E-state index contributed by atoms with van der Waals surface area (Å²) in [5, 5.41) is 3.74. The van der Waals surface area contributed by atoms with E-state index >= 15 is 0 Å². The zero-order valence-corrected chi connectivity index (χ0v) is 31.6. The first kappa shape index (κ1) is 31.4. The predicted octanol–water partition coefficient (Wildman–Crippen LogP) is 8.34. The molecule has 0 N–H and O–H groups in total. The maximum atomic E-state index is 6.40. The molecular weight excluding hydrogens is 805 g/mol. The average Bonchev–Trinajstić information content (AvgIpc) is 3.53. The van der Waals surface area contributed by atoms with Gasteiger partial charge in [-0.2, -0.15) is 0 Å². The fourth-order valence-corrected chi connectivity index (χ4v) is 13.7. The summed E-state index contributed by atoms with van der Waals surface area (Å²) >= 11 is -2.29. The summed E-state index contributed by atoms with van der Waals surface area (Å²) in [5.41, 5.74) is 8.45. The SMILES string of the molecule is C[Si](C)(C)c1ccc(-c2[c-]cccc2)nc1.[CH3][Ge]1([CH3])[c]2ccccc2-c2cc3oc4c(-c5ccccn5)[c-]ccc4c3c[c]21.[Ir]. The normalized spacial score (nSPS) is 13.0. The first-order valence-electron chi connectivity index (χ1n) is 15.1. The topological polar surface area (TPSA) is 38.9 Å². The van der Waals surface area contributed by atoms with Crippen LogP contribution in [-0.4, -0.2) is 31.3 Å². The molecule has 3 nitrogen and oxygen atoms in total. The number of fused-ring (bicyclic) bond motifs is 6. The maximum Gasteiger partial charge on any atom is 0 e. The van der Waals surface area contributed by atoms with Gasteiger partial charge in [-0.3, -0.25) is 0 Å². The molecule has 1 aliphatic rings. The molecule has 3 aromatic heterocycles. The second-order valence-electron chi connectivity index (χ2n) is 12.9. The fraction of sp³-hybridized carbons (Fsp3) is 0.128. The van der Waals surface area contributed by atoms with Crippen LogP contribution in [0, 0.1) is 12.1 Å². The molecule has 1 radical (unpaired) electrons. The van der Waals surface area contributed by atoms with E-state index in [1.165, 1.54) is 21.7 Å². The average molecular weight is 840 g/mol. The summed E-state index contributed by atoms with van der Waals surface area (Å²) in [5.74, 6) is 4.98. The van der Waals surface area contributed by atoms with E-state index < -0.39 is 21.3 Å². The molecule has 4 aromatic carbocycles. The van der Waals surface area contributed by atoms with Gasteiger partial charge in [0.2, 0.25) is 0 Å². The number of benzene rings is 4. The Morgan fingerprint density at radius 1 is 0.689 bits per heavy atom. The van der Waals surface area contributed by atoms with Crippen molar-refractivity contribution in [2.45, 2.75) is 31.2 Å². The van der Waals surface area contributed by atoms with Gasteiger partial charge in [0.05, 0.1) is 8.07 Å². The van der Waals surface area contributed by atoms with E-state index in [0.29, 0.717) is 0 Å². The number of hydrogen-bond acceptors (Lipinski definition) is 3. The molecule has 0 aliphatic carbocycles. The van der Waals surface area contributed by atoms with Gasteiger partial charge in [-0.15, -0.1) is 35.9 Å². The molecule has 7 aromatic rings. The molecule has 1 aliphatic heterocycles. The number of aromatic nitrogens is 2. The Balaban J connectivity index is 0.000000181. The largest absolute Gasteiger partial charge is 0 e.